The van der Waals surface area contributed by atoms with Crippen molar-refractivity contribution in [3.8, 4) is 34.4 Å². The van der Waals surface area contributed by atoms with Crippen LogP contribution in [0.3, 0.4) is 0 Å². The number of hydrogen-bond donors (Lipinski definition) is 2. The smallest absolute Gasteiger partial charge is 0.270 e. The number of aryl methyl sites for hydroxylation is 1. The second-order valence-corrected chi connectivity index (χ2v) is 10.6. The van der Waals surface area contributed by atoms with Gasteiger partial charge in [0.1, 0.15) is 22.9 Å². The monoisotopic (exact) mass is 598 g/mol. The predicted molar refractivity (Wildman–Crippen MR) is 169 cm³/mol. The quantitative estimate of drug-likeness (QED) is 0.285. The Labute approximate surface area is 259 Å². The van der Waals surface area contributed by atoms with Crippen molar-refractivity contribution in [2.75, 3.05) is 13.1 Å². The van der Waals surface area contributed by atoms with Crippen LogP contribution in [-0.2, 0) is 24.3 Å². The lowest BCUT2D eigenvalue weighted by atomic mass is 10.0. The van der Waals surface area contributed by atoms with Gasteiger partial charge < -0.3 is 20.5 Å². The second-order valence-electron chi connectivity index (χ2n) is 10.6. The number of carbonyl (C=O) groups excluding carboxylic acids is 3. The fourth-order valence-electron chi connectivity index (χ4n) is 5.40. The molecule has 1 aliphatic heterocycles. The van der Waals surface area contributed by atoms with Gasteiger partial charge in [0.15, 0.2) is 0 Å². The molecular formula is C34H30N8O3. The molecule has 0 spiro atoms. The van der Waals surface area contributed by atoms with E-state index in [0.29, 0.717) is 18.8 Å². The molecule has 45 heavy (non-hydrogen) atoms. The zero-order valence-electron chi connectivity index (χ0n) is 24.9. The van der Waals surface area contributed by atoms with Gasteiger partial charge in [-0.3, -0.25) is 24.4 Å². The van der Waals surface area contributed by atoms with E-state index in [1.54, 1.807) is 37.4 Å². The first-order valence-corrected chi connectivity index (χ1v) is 14.6. The van der Waals surface area contributed by atoms with Gasteiger partial charge in [0, 0.05) is 55.3 Å². The molecule has 11 nitrogen and oxygen atoms in total. The number of fused-ring (bicyclic) bond motifs is 2. The van der Waals surface area contributed by atoms with Crippen molar-refractivity contribution in [1.29, 1.82) is 0 Å². The minimum atomic E-state index is -0.633. The molecule has 4 aromatic heterocycles. The maximum Gasteiger partial charge on any atom is 0.270 e. The molecule has 0 aliphatic carbocycles. The molecule has 6 rings (SSSR count). The Hall–Kier alpha value is -5.89. The highest BCUT2D eigenvalue weighted by molar-refractivity contribution is 5.97. The van der Waals surface area contributed by atoms with Crippen molar-refractivity contribution in [1.82, 2.24) is 34.7 Å². The van der Waals surface area contributed by atoms with E-state index in [1.165, 1.54) is 6.07 Å². The zero-order valence-corrected chi connectivity index (χ0v) is 24.9. The molecule has 224 valence electrons. The lowest BCUT2D eigenvalue weighted by molar-refractivity contribution is -0.130. The van der Waals surface area contributed by atoms with Gasteiger partial charge in [0.2, 0.25) is 5.91 Å². The van der Waals surface area contributed by atoms with E-state index in [-0.39, 0.29) is 29.7 Å². The van der Waals surface area contributed by atoms with Crippen LogP contribution >= 0.6 is 0 Å². The Morgan fingerprint density at radius 1 is 0.978 bits per heavy atom. The summed E-state index contributed by atoms with van der Waals surface area (Å²) in [6.07, 6.45) is 4.27. The first-order valence-electron chi connectivity index (χ1n) is 14.6. The van der Waals surface area contributed by atoms with E-state index in [9.17, 15) is 14.4 Å². The third-order valence-corrected chi connectivity index (χ3v) is 7.71. The predicted octanol–water partition coefficient (Wildman–Crippen LogP) is 3.36. The van der Waals surface area contributed by atoms with Gasteiger partial charge in [-0.15, -0.1) is 0 Å². The van der Waals surface area contributed by atoms with Gasteiger partial charge >= 0.3 is 0 Å². The number of nitrogens with two attached hydrogens (primary N) is 1. The summed E-state index contributed by atoms with van der Waals surface area (Å²) in [5.74, 6) is 5.68. The van der Waals surface area contributed by atoms with E-state index >= 15 is 0 Å². The molecule has 0 radical (unpaired) electrons. The number of nitrogens with one attached hydrogen (secondary N) is 1. The van der Waals surface area contributed by atoms with Gasteiger partial charge in [0.25, 0.3) is 11.8 Å². The summed E-state index contributed by atoms with van der Waals surface area (Å²) in [7, 11) is 0. The molecule has 0 unspecified atom stereocenters. The number of amides is 3. The van der Waals surface area contributed by atoms with Crippen molar-refractivity contribution in [3.63, 3.8) is 0 Å². The maximum atomic E-state index is 12.6. The number of hydrogen-bond acceptors (Lipinski definition) is 7. The number of carbonyl (C=O) groups is 3. The van der Waals surface area contributed by atoms with Gasteiger partial charge in [-0.2, -0.15) is 0 Å². The lowest BCUT2D eigenvalue weighted by Gasteiger charge is -2.28. The molecule has 5 heterocycles. The Morgan fingerprint density at radius 2 is 1.82 bits per heavy atom. The highest BCUT2D eigenvalue weighted by Gasteiger charge is 2.26. The Bertz CT molecular complexity index is 2020. The maximum absolute atomic E-state index is 12.6. The Balaban J connectivity index is 1.19. The van der Waals surface area contributed by atoms with Crippen LogP contribution in [0.5, 0.6) is 0 Å². The number of primary amides is 1. The second kappa shape index (κ2) is 12.4. The minimum absolute atomic E-state index is 0.0587. The molecule has 0 fully saturated rings. The Kier molecular flexibility index (Phi) is 8.03. The highest BCUT2D eigenvalue weighted by atomic mass is 16.2. The summed E-state index contributed by atoms with van der Waals surface area (Å²) in [4.78, 5) is 56.0. The first kappa shape index (κ1) is 29.2. The standard InChI is InChI=1S/C34H30N8O3/c1-3-31-40-32(30-20-41(21(2)43)15-16-42(30)31)25-10-4-7-22-17-29(38-19-26(22)25)23-12-13-28(37-18-23)34(45)36-14-6-9-24-8-5-11-27(39-24)33(35)44/h4-5,7-8,10-13,17-19H,3,14-16,20H2,1-2H3,(H2,35,44)(H,36,45). The summed E-state index contributed by atoms with van der Waals surface area (Å²) < 4.78 is 2.24. The SMILES string of the molecule is CCc1nc(-c2cccc3cc(-c4ccc(C(=O)NCC#Cc5cccc(C(N)=O)n5)nc4)ncc23)c2n1CCN(C(C)=O)C2. The van der Waals surface area contributed by atoms with Crippen LogP contribution in [0.15, 0.2) is 67.0 Å². The molecule has 0 saturated carbocycles. The zero-order chi connectivity index (χ0) is 31.5. The van der Waals surface area contributed by atoms with Crippen LogP contribution in [0.4, 0.5) is 0 Å². The van der Waals surface area contributed by atoms with Crippen molar-refractivity contribution in [3.05, 3.63) is 95.6 Å². The average Bonchev–Trinajstić information content (AvgIpc) is 3.44. The summed E-state index contributed by atoms with van der Waals surface area (Å²) in [6.45, 7) is 5.72. The van der Waals surface area contributed by atoms with Crippen LogP contribution in [-0.4, -0.2) is 60.2 Å². The molecule has 0 bridgehead atoms. The Morgan fingerprint density at radius 3 is 2.58 bits per heavy atom. The lowest BCUT2D eigenvalue weighted by Crippen LogP contribution is -2.37. The van der Waals surface area contributed by atoms with E-state index in [0.717, 1.165) is 57.8 Å². The topological polar surface area (TPSA) is 149 Å². The van der Waals surface area contributed by atoms with Crippen LogP contribution in [0, 0.1) is 11.8 Å². The molecule has 0 saturated heterocycles. The molecule has 3 N–H and O–H groups in total. The van der Waals surface area contributed by atoms with Crippen molar-refractivity contribution in [2.24, 2.45) is 5.73 Å². The van der Waals surface area contributed by atoms with E-state index in [1.807, 2.05) is 35.4 Å². The van der Waals surface area contributed by atoms with Crippen LogP contribution in [0.1, 0.15) is 52.0 Å². The molecule has 3 amide bonds. The van der Waals surface area contributed by atoms with Crippen molar-refractivity contribution in [2.45, 2.75) is 33.4 Å². The molecule has 5 aromatic rings. The summed E-state index contributed by atoms with van der Waals surface area (Å²) in [5, 5.41) is 4.67. The van der Waals surface area contributed by atoms with Crippen LogP contribution in [0.2, 0.25) is 0 Å². The fraction of sp³-hybridized carbons (Fsp3) is 0.206. The highest BCUT2D eigenvalue weighted by Crippen LogP contribution is 2.34. The number of pyridine rings is 3. The van der Waals surface area contributed by atoms with Gasteiger partial charge in [0.05, 0.1) is 30.2 Å². The largest absolute Gasteiger partial charge is 0.364 e. The molecule has 1 aromatic carbocycles. The average molecular weight is 599 g/mol. The van der Waals surface area contributed by atoms with Crippen LogP contribution in [0.25, 0.3) is 33.3 Å². The number of imidazole rings is 1. The van der Waals surface area contributed by atoms with Crippen molar-refractivity contribution < 1.29 is 14.4 Å². The molecular weight excluding hydrogens is 568 g/mol. The van der Waals surface area contributed by atoms with Crippen molar-refractivity contribution >= 4 is 28.5 Å². The minimum Gasteiger partial charge on any atom is -0.364 e. The van der Waals surface area contributed by atoms with Gasteiger partial charge in [-0.25, -0.2) is 9.97 Å². The number of benzene rings is 1. The normalized spacial score (nSPS) is 12.3. The summed E-state index contributed by atoms with van der Waals surface area (Å²) in [6, 6.07) is 16.3. The third kappa shape index (κ3) is 5.99. The molecule has 11 heteroatoms. The third-order valence-electron chi connectivity index (χ3n) is 7.71. The summed E-state index contributed by atoms with van der Waals surface area (Å²) >= 11 is 0. The fourth-order valence-corrected chi connectivity index (χ4v) is 5.40. The van der Waals surface area contributed by atoms with E-state index in [2.05, 4.69) is 38.6 Å². The molecule has 0 atom stereocenters. The summed E-state index contributed by atoms with van der Waals surface area (Å²) in [5.41, 5.74) is 10.4. The number of aromatic nitrogens is 5. The number of rotatable bonds is 6. The number of nitrogens with zero attached hydrogens (tertiary/aromatic N) is 6. The first-order chi connectivity index (χ1) is 21.8. The van der Waals surface area contributed by atoms with Gasteiger partial charge in [-0.05, 0) is 41.6 Å². The van der Waals surface area contributed by atoms with E-state index in [4.69, 9.17) is 15.7 Å². The van der Waals surface area contributed by atoms with Gasteiger partial charge in [-0.1, -0.05) is 37.1 Å². The molecule has 1 aliphatic rings. The van der Waals surface area contributed by atoms with Crippen LogP contribution < -0.4 is 11.1 Å². The van der Waals surface area contributed by atoms with E-state index < -0.39 is 5.91 Å².